The number of rotatable bonds is 9. The summed E-state index contributed by atoms with van der Waals surface area (Å²) in [6.07, 6.45) is 1.84. The van der Waals surface area contributed by atoms with Crippen LogP contribution in [0.25, 0.3) is 0 Å². The lowest BCUT2D eigenvalue weighted by Crippen LogP contribution is -2.32. The summed E-state index contributed by atoms with van der Waals surface area (Å²) in [6, 6.07) is 10.0. The minimum atomic E-state index is -0.901. The molecule has 0 bridgehead atoms. The molecule has 11 nitrogen and oxygen atoms in total. The van der Waals surface area contributed by atoms with Crippen molar-refractivity contribution in [3.63, 3.8) is 0 Å². The van der Waals surface area contributed by atoms with Crippen molar-refractivity contribution in [3.8, 4) is 0 Å². The van der Waals surface area contributed by atoms with Gasteiger partial charge < -0.3 is 20.7 Å². The number of carbonyl (C=O) groups excluding carboxylic acids is 4. The highest BCUT2D eigenvalue weighted by Crippen LogP contribution is 2.25. The van der Waals surface area contributed by atoms with E-state index in [9.17, 15) is 29.3 Å². The summed E-state index contributed by atoms with van der Waals surface area (Å²) >= 11 is 5.70. The van der Waals surface area contributed by atoms with Crippen LogP contribution in [0.2, 0.25) is 5.02 Å². The molecule has 0 radical (unpaired) electrons. The van der Waals surface area contributed by atoms with Gasteiger partial charge in [-0.3, -0.25) is 29.3 Å². The first-order valence-electron chi connectivity index (χ1n) is 9.82. The zero-order valence-electron chi connectivity index (χ0n) is 17.1. The van der Waals surface area contributed by atoms with Crippen LogP contribution in [-0.2, 0) is 14.3 Å². The van der Waals surface area contributed by atoms with Crippen LogP contribution in [0.5, 0.6) is 0 Å². The third-order valence-electron chi connectivity index (χ3n) is 4.52. The van der Waals surface area contributed by atoms with E-state index >= 15 is 0 Å². The molecule has 2 aromatic carbocycles. The first-order chi connectivity index (χ1) is 15.7. The smallest absolute Gasteiger partial charge is 0.325 e. The fourth-order valence-electron chi connectivity index (χ4n) is 2.71. The van der Waals surface area contributed by atoms with Gasteiger partial charge in [0.15, 0.2) is 6.61 Å². The molecule has 0 unspecified atom stereocenters. The Morgan fingerprint density at radius 2 is 1.82 bits per heavy atom. The maximum atomic E-state index is 12.3. The van der Waals surface area contributed by atoms with Gasteiger partial charge >= 0.3 is 5.97 Å². The summed E-state index contributed by atoms with van der Waals surface area (Å²) in [5, 5.41) is 18.4. The molecule has 0 heterocycles. The van der Waals surface area contributed by atoms with E-state index in [2.05, 4.69) is 16.0 Å². The van der Waals surface area contributed by atoms with Crippen LogP contribution in [0, 0.1) is 10.1 Å². The van der Waals surface area contributed by atoms with Crippen LogP contribution < -0.4 is 16.0 Å². The minimum Gasteiger partial charge on any atom is -0.454 e. The Balaban J connectivity index is 1.47. The van der Waals surface area contributed by atoms with E-state index < -0.39 is 41.5 Å². The number of nitrogens with zero attached hydrogens (tertiary/aromatic N) is 1. The maximum absolute atomic E-state index is 12.3. The summed E-state index contributed by atoms with van der Waals surface area (Å²) in [6.45, 7) is -1.21. The van der Waals surface area contributed by atoms with Crippen LogP contribution in [-0.4, -0.2) is 47.8 Å². The van der Waals surface area contributed by atoms with Gasteiger partial charge in [0.1, 0.15) is 11.6 Å². The fraction of sp³-hybridized carbons (Fsp3) is 0.238. The predicted molar refractivity (Wildman–Crippen MR) is 117 cm³/mol. The van der Waals surface area contributed by atoms with Gasteiger partial charge in [-0.2, -0.15) is 0 Å². The Kier molecular flexibility index (Phi) is 7.57. The number of hydrogen-bond acceptors (Lipinski definition) is 7. The second-order valence-corrected chi connectivity index (χ2v) is 7.52. The van der Waals surface area contributed by atoms with Crippen molar-refractivity contribution in [1.29, 1.82) is 0 Å². The Bertz CT molecular complexity index is 1120. The normalized spacial score (nSPS) is 12.4. The first-order valence-corrected chi connectivity index (χ1v) is 10.2. The molecule has 3 amide bonds. The Morgan fingerprint density at radius 1 is 1.09 bits per heavy atom. The lowest BCUT2D eigenvalue weighted by atomic mass is 10.1. The molecular formula is C21H19ClN4O7. The number of esters is 1. The summed E-state index contributed by atoms with van der Waals surface area (Å²) in [7, 11) is 0. The molecule has 1 aliphatic rings. The molecule has 12 heteroatoms. The summed E-state index contributed by atoms with van der Waals surface area (Å²) < 4.78 is 4.82. The standard InChI is InChI=1S/C21H19ClN4O7/c22-15-8-5-12(9-17(15)26(31)32)20(29)23-10-19(28)33-11-18(27)25-16-4-2-1-3-14(16)21(30)24-13-6-7-13/h1-5,8-9,13H,6-7,10-11H2,(H,23,29)(H,24,30)(H,25,27). The molecule has 3 rings (SSSR count). The van der Waals surface area contributed by atoms with Crippen molar-refractivity contribution < 1.29 is 28.8 Å². The summed E-state index contributed by atoms with van der Waals surface area (Å²) in [4.78, 5) is 58.5. The molecule has 2 aromatic rings. The highest BCUT2D eigenvalue weighted by molar-refractivity contribution is 6.32. The van der Waals surface area contributed by atoms with Gasteiger partial charge in [-0.05, 0) is 37.1 Å². The number of hydrogen-bond donors (Lipinski definition) is 3. The first kappa shape index (κ1) is 23.7. The lowest BCUT2D eigenvalue weighted by Gasteiger charge is -2.11. The molecule has 0 spiro atoms. The summed E-state index contributed by atoms with van der Waals surface area (Å²) in [5.74, 6) is -2.64. The molecule has 3 N–H and O–H groups in total. The van der Waals surface area contributed by atoms with E-state index in [1.807, 2.05) is 0 Å². The molecule has 1 aliphatic carbocycles. The van der Waals surface area contributed by atoms with Crippen LogP contribution >= 0.6 is 11.6 Å². The number of halogens is 1. The molecule has 0 saturated heterocycles. The zero-order valence-corrected chi connectivity index (χ0v) is 17.9. The van der Waals surface area contributed by atoms with E-state index in [-0.39, 0.29) is 33.8 Å². The van der Waals surface area contributed by atoms with Crippen molar-refractivity contribution in [1.82, 2.24) is 10.6 Å². The van der Waals surface area contributed by atoms with Crippen molar-refractivity contribution >= 4 is 46.7 Å². The number of para-hydroxylation sites is 1. The van der Waals surface area contributed by atoms with E-state index in [0.717, 1.165) is 18.9 Å². The van der Waals surface area contributed by atoms with Gasteiger partial charge in [-0.1, -0.05) is 23.7 Å². The highest BCUT2D eigenvalue weighted by Gasteiger charge is 2.25. The lowest BCUT2D eigenvalue weighted by molar-refractivity contribution is -0.384. The Labute approximate surface area is 192 Å². The Morgan fingerprint density at radius 3 is 2.52 bits per heavy atom. The van der Waals surface area contributed by atoms with E-state index in [4.69, 9.17) is 16.3 Å². The number of amides is 3. The third kappa shape index (κ3) is 6.74. The van der Waals surface area contributed by atoms with Crippen molar-refractivity contribution in [2.45, 2.75) is 18.9 Å². The molecule has 1 saturated carbocycles. The van der Waals surface area contributed by atoms with E-state index in [0.29, 0.717) is 0 Å². The molecule has 0 aromatic heterocycles. The van der Waals surface area contributed by atoms with Gasteiger partial charge in [0.25, 0.3) is 23.4 Å². The van der Waals surface area contributed by atoms with Crippen molar-refractivity contribution in [2.24, 2.45) is 0 Å². The fourth-order valence-corrected chi connectivity index (χ4v) is 2.90. The zero-order chi connectivity index (χ0) is 24.0. The second kappa shape index (κ2) is 10.6. The average molecular weight is 475 g/mol. The van der Waals surface area contributed by atoms with Crippen LogP contribution in [0.15, 0.2) is 42.5 Å². The van der Waals surface area contributed by atoms with Gasteiger partial charge in [0.05, 0.1) is 16.2 Å². The molecular weight excluding hydrogens is 456 g/mol. The molecule has 172 valence electrons. The average Bonchev–Trinajstić information content (AvgIpc) is 3.60. The number of nitro benzene ring substituents is 1. The largest absolute Gasteiger partial charge is 0.454 e. The molecule has 0 aliphatic heterocycles. The predicted octanol–water partition coefficient (Wildman–Crippen LogP) is 2.05. The monoisotopic (exact) mass is 474 g/mol. The van der Waals surface area contributed by atoms with Gasteiger partial charge in [-0.15, -0.1) is 0 Å². The van der Waals surface area contributed by atoms with Crippen LogP contribution in [0.1, 0.15) is 33.6 Å². The number of anilines is 1. The van der Waals surface area contributed by atoms with E-state index in [1.165, 1.54) is 12.1 Å². The minimum absolute atomic E-state index is 0.0716. The van der Waals surface area contributed by atoms with Gasteiger partial charge in [0.2, 0.25) is 0 Å². The number of ether oxygens (including phenoxy) is 1. The number of nitro groups is 1. The number of nitrogens with one attached hydrogen (secondary N) is 3. The third-order valence-corrected chi connectivity index (χ3v) is 4.84. The molecule has 33 heavy (non-hydrogen) atoms. The van der Waals surface area contributed by atoms with Crippen molar-refractivity contribution in [3.05, 3.63) is 68.7 Å². The van der Waals surface area contributed by atoms with Crippen LogP contribution in [0.3, 0.4) is 0 Å². The quantitative estimate of drug-likeness (QED) is 0.285. The highest BCUT2D eigenvalue weighted by atomic mass is 35.5. The van der Waals surface area contributed by atoms with Gasteiger partial charge in [0, 0.05) is 17.7 Å². The maximum Gasteiger partial charge on any atom is 0.325 e. The molecule has 1 fully saturated rings. The number of carbonyl (C=O) groups is 4. The second-order valence-electron chi connectivity index (χ2n) is 7.11. The van der Waals surface area contributed by atoms with Crippen LogP contribution in [0.4, 0.5) is 11.4 Å². The van der Waals surface area contributed by atoms with Gasteiger partial charge in [-0.25, -0.2) is 0 Å². The SMILES string of the molecule is O=C(COC(=O)CNC(=O)c1ccc(Cl)c([N+](=O)[O-])c1)Nc1ccccc1C(=O)NC1CC1. The Hall–Kier alpha value is -3.99. The van der Waals surface area contributed by atoms with E-state index in [1.54, 1.807) is 24.3 Å². The topological polar surface area (TPSA) is 157 Å². The molecule has 0 atom stereocenters. The summed E-state index contributed by atoms with van der Waals surface area (Å²) in [5.41, 5.74) is 0.0371. The van der Waals surface area contributed by atoms with Crippen molar-refractivity contribution in [2.75, 3.05) is 18.5 Å². The number of benzene rings is 2.